The molecule has 1 aliphatic rings. The molecule has 1 aromatic carbocycles. The van der Waals surface area contributed by atoms with E-state index in [0.717, 1.165) is 44.9 Å². The predicted molar refractivity (Wildman–Crippen MR) is 75.2 cm³/mol. The normalized spacial score (nSPS) is 17.1. The predicted octanol–water partition coefficient (Wildman–Crippen LogP) is 1.38. The maximum absolute atomic E-state index is 8.67. The Kier molecular flexibility index (Phi) is 5.20. The summed E-state index contributed by atoms with van der Waals surface area (Å²) in [6.45, 7) is 5.72. The van der Waals surface area contributed by atoms with Crippen molar-refractivity contribution in [2.45, 2.75) is 6.42 Å². The molecule has 0 aromatic heterocycles. The average molecular weight is 259 g/mol. The standard InChI is InChI=1S/C15H21N3O/c1-19-15-5-3-2-4-14(15)6-8-17-10-12-18(9-7-16)13-11-17/h2-5H,6,8-13H2,1H3. The van der Waals surface area contributed by atoms with Gasteiger partial charge < -0.3 is 9.64 Å². The SMILES string of the molecule is COc1ccccc1CCN1CCN(CC#N)CC1. The molecule has 1 heterocycles. The number of benzene rings is 1. The highest BCUT2D eigenvalue weighted by molar-refractivity contribution is 5.33. The molecule has 0 radical (unpaired) electrons. The molecule has 0 unspecified atom stereocenters. The van der Waals surface area contributed by atoms with E-state index in [1.165, 1.54) is 5.56 Å². The lowest BCUT2D eigenvalue weighted by Gasteiger charge is -2.33. The largest absolute Gasteiger partial charge is 0.496 e. The highest BCUT2D eigenvalue weighted by Gasteiger charge is 2.16. The number of nitrogens with zero attached hydrogens (tertiary/aromatic N) is 3. The zero-order chi connectivity index (χ0) is 13.5. The fraction of sp³-hybridized carbons (Fsp3) is 0.533. The van der Waals surface area contributed by atoms with Crippen LogP contribution in [0.5, 0.6) is 5.75 Å². The van der Waals surface area contributed by atoms with Crippen LogP contribution < -0.4 is 4.74 Å². The summed E-state index contributed by atoms with van der Waals surface area (Å²) in [5.74, 6) is 0.977. The third-order valence-corrected chi connectivity index (χ3v) is 3.65. The molecule has 0 N–H and O–H groups in total. The molecule has 19 heavy (non-hydrogen) atoms. The van der Waals surface area contributed by atoms with E-state index in [1.807, 2.05) is 12.1 Å². The topological polar surface area (TPSA) is 39.5 Å². The molecule has 1 fully saturated rings. The van der Waals surface area contributed by atoms with Crippen molar-refractivity contribution in [2.75, 3.05) is 46.4 Å². The smallest absolute Gasteiger partial charge is 0.122 e. The van der Waals surface area contributed by atoms with Crippen molar-refractivity contribution in [1.82, 2.24) is 9.80 Å². The van der Waals surface area contributed by atoms with Gasteiger partial charge in [0, 0.05) is 32.7 Å². The number of nitriles is 1. The number of ether oxygens (including phenoxy) is 1. The lowest BCUT2D eigenvalue weighted by molar-refractivity contribution is 0.145. The molecule has 0 amide bonds. The van der Waals surface area contributed by atoms with Crippen LogP contribution in [-0.4, -0.2) is 56.2 Å². The van der Waals surface area contributed by atoms with Crippen LogP contribution >= 0.6 is 0 Å². The van der Waals surface area contributed by atoms with E-state index in [1.54, 1.807) is 7.11 Å². The molecule has 0 spiro atoms. The monoisotopic (exact) mass is 259 g/mol. The van der Waals surface area contributed by atoms with E-state index in [0.29, 0.717) is 6.54 Å². The van der Waals surface area contributed by atoms with Gasteiger partial charge in [-0.15, -0.1) is 0 Å². The summed E-state index contributed by atoms with van der Waals surface area (Å²) in [4.78, 5) is 4.67. The van der Waals surface area contributed by atoms with Crippen molar-refractivity contribution in [3.8, 4) is 11.8 Å². The fourth-order valence-corrected chi connectivity index (χ4v) is 2.46. The molecule has 0 saturated carbocycles. The number of para-hydroxylation sites is 1. The van der Waals surface area contributed by atoms with Crippen molar-refractivity contribution < 1.29 is 4.74 Å². The van der Waals surface area contributed by atoms with Gasteiger partial charge in [0.1, 0.15) is 5.75 Å². The summed E-state index contributed by atoms with van der Waals surface area (Å²) in [5.41, 5.74) is 1.27. The van der Waals surface area contributed by atoms with Crippen molar-refractivity contribution in [2.24, 2.45) is 0 Å². The first kappa shape index (κ1) is 13.9. The van der Waals surface area contributed by atoms with Gasteiger partial charge in [-0.2, -0.15) is 5.26 Å². The van der Waals surface area contributed by atoms with Gasteiger partial charge in [0.2, 0.25) is 0 Å². The van der Waals surface area contributed by atoms with Crippen LogP contribution in [0.1, 0.15) is 5.56 Å². The average Bonchev–Trinajstić information content (AvgIpc) is 2.47. The van der Waals surface area contributed by atoms with Gasteiger partial charge in [0.05, 0.1) is 19.7 Å². The van der Waals surface area contributed by atoms with Crippen molar-refractivity contribution >= 4 is 0 Å². The maximum Gasteiger partial charge on any atom is 0.122 e. The quantitative estimate of drug-likeness (QED) is 0.749. The highest BCUT2D eigenvalue weighted by Crippen LogP contribution is 2.18. The first-order chi connectivity index (χ1) is 9.33. The van der Waals surface area contributed by atoms with Crippen LogP contribution in [0.3, 0.4) is 0 Å². The molecular formula is C15H21N3O. The third kappa shape index (κ3) is 3.95. The van der Waals surface area contributed by atoms with Crippen LogP contribution in [-0.2, 0) is 6.42 Å². The minimum atomic E-state index is 0.556. The molecular weight excluding hydrogens is 238 g/mol. The van der Waals surface area contributed by atoms with Gasteiger partial charge >= 0.3 is 0 Å². The summed E-state index contributed by atoms with van der Waals surface area (Å²) in [6, 6.07) is 10.4. The Hall–Kier alpha value is -1.57. The van der Waals surface area contributed by atoms with Gasteiger partial charge in [-0.3, -0.25) is 4.90 Å². The van der Waals surface area contributed by atoms with Gasteiger partial charge in [-0.25, -0.2) is 0 Å². The first-order valence-electron chi connectivity index (χ1n) is 6.77. The summed E-state index contributed by atoms with van der Waals surface area (Å²) < 4.78 is 5.37. The highest BCUT2D eigenvalue weighted by atomic mass is 16.5. The lowest BCUT2D eigenvalue weighted by atomic mass is 10.1. The Morgan fingerprint density at radius 1 is 1.16 bits per heavy atom. The molecule has 1 aromatic rings. The van der Waals surface area contributed by atoms with E-state index in [2.05, 4.69) is 28.0 Å². The number of methoxy groups -OCH3 is 1. The van der Waals surface area contributed by atoms with E-state index in [-0.39, 0.29) is 0 Å². The Morgan fingerprint density at radius 2 is 1.84 bits per heavy atom. The van der Waals surface area contributed by atoms with Gasteiger partial charge in [-0.1, -0.05) is 18.2 Å². The molecule has 1 saturated heterocycles. The van der Waals surface area contributed by atoms with Crippen LogP contribution in [0.25, 0.3) is 0 Å². The minimum absolute atomic E-state index is 0.556. The zero-order valence-corrected chi connectivity index (χ0v) is 11.5. The van der Waals surface area contributed by atoms with Crippen molar-refractivity contribution in [3.05, 3.63) is 29.8 Å². The Bertz CT molecular complexity index is 433. The molecule has 102 valence electrons. The number of hydrogen-bond acceptors (Lipinski definition) is 4. The van der Waals surface area contributed by atoms with Crippen LogP contribution in [0.4, 0.5) is 0 Å². The summed E-state index contributed by atoms with van der Waals surface area (Å²) >= 11 is 0. The fourth-order valence-electron chi connectivity index (χ4n) is 2.46. The molecule has 2 rings (SSSR count). The zero-order valence-electron chi connectivity index (χ0n) is 11.5. The second-order valence-electron chi connectivity index (χ2n) is 4.84. The molecule has 4 heteroatoms. The lowest BCUT2D eigenvalue weighted by Crippen LogP contribution is -2.46. The van der Waals surface area contributed by atoms with E-state index in [4.69, 9.17) is 10.00 Å². The number of rotatable bonds is 5. The van der Waals surface area contributed by atoms with E-state index in [9.17, 15) is 0 Å². The Labute approximate surface area is 115 Å². The van der Waals surface area contributed by atoms with Gasteiger partial charge in [0.25, 0.3) is 0 Å². The van der Waals surface area contributed by atoms with E-state index >= 15 is 0 Å². The van der Waals surface area contributed by atoms with E-state index < -0.39 is 0 Å². The number of piperazine rings is 1. The van der Waals surface area contributed by atoms with Crippen LogP contribution in [0.2, 0.25) is 0 Å². The minimum Gasteiger partial charge on any atom is -0.496 e. The summed E-state index contributed by atoms with van der Waals surface area (Å²) in [5, 5.41) is 8.67. The van der Waals surface area contributed by atoms with Crippen LogP contribution in [0.15, 0.2) is 24.3 Å². The maximum atomic E-state index is 8.67. The third-order valence-electron chi connectivity index (χ3n) is 3.65. The number of hydrogen-bond donors (Lipinski definition) is 0. The van der Waals surface area contributed by atoms with Gasteiger partial charge in [-0.05, 0) is 18.1 Å². The molecule has 0 bridgehead atoms. The molecule has 4 nitrogen and oxygen atoms in total. The second kappa shape index (κ2) is 7.13. The van der Waals surface area contributed by atoms with Gasteiger partial charge in [0.15, 0.2) is 0 Å². The molecule has 0 aliphatic carbocycles. The Morgan fingerprint density at radius 3 is 2.53 bits per heavy atom. The van der Waals surface area contributed by atoms with Crippen LogP contribution in [0, 0.1) is 11.3 Å². The molecule has 1 aliphatic heterocycles. The van der Waals surface area contributed by atoms with Crippen molar-refractivity contribution in [3.63, 3.8) is 0 Å². The first-order valence-corrected chi connectivity index (χ1v) is 6.77. The molecule has 0 atom stereocenters. The Balaban J connectivity index is 1.79. The van der Waals surface area contributed by atoms with Crippen molar-refractivity contribution in [1.29, 1.82) is 5.26 Å². The second-order valence-corrected chi connectivity index (χ2v) is 4.84. The summed E-state index contributed by atoms with van der Waals surface area (Å²) in [6.07, 6.45) is 1.02. The summed E-state index contributed by atoms with van der Waals surface area (Å²) in [7, 11) is 1.72.